The van der Waals surface area contributed by atoms with Crippen LogP contribution >= 0.6 is 0 Å². The molecule has 0 N–H and O–H groups in total. The van der Waals surface area contributed by atoms with Crippen molar-refractivity contribution in [2.75, 3.05) is 19.0 Å². The van der Waals surface area contributed by atoms with Crippen LogP contribution in [-0.2, 0) is 0 Å². The minimum absolute atomic E-state index is 0.0756. The number of nitrogens with zero attached hydrogens (tertiary/aromatic N) is 3. The summed E-state index contributed by atoms with van der Waals surface area (Å²) in [6.07, 6.45) is 0. The maximum atomic E-state index is 13.7. The second-order valence-corrected chi connectivity index (χ2v) is 7.38. The zero-order chi connectivity index (χ0) is 20.5. The van der Waals surface area contributed by atoms with Gasteiger partial charge in [0.2, 0.25) is 0 Å². The monoisotopic (exact) mass is 379 g/mol. The Kier molecular flexibility index (Phi) is 4.97. The number of aromatic nitrogens is 2. The van der Waals surface area contributed by atoms with Gasteiger partial charge >= 0.3 is 0 Å². The molecule has 4 nitrogen and oxygen atoms in total. The molecule has 3 aromatic carbocycles. The van der Waals surface area contributed by atoms with Gasteiger partial charge in [-0.3, -0.25) is 9.36 Å². The maximum absolute atomic E-state index is 13.7. The third kappa shape index (κ3) is 3.44. The lowest BCUT2D eigenvalue weighted by Crippen LogP contribution is -2.30. The molecule has 0 bridgehead atoms. The fourth-order valence-electron chi connectivity index (χ4n) is 3.81. The molecule has 0 amide bonds. The minimum atomic E-state index is -0.262. The smallest absolute Gasteiger partial charge is 0.262 e. The number of hydrogen-bond donors (Lipinski definition) is 0. The molecule has 0 aliphatic carbocycles. The zero-order valence-corrected chi connectivity index (χ0v) is 16.8. The van der Waals surface area contributed by atoms with Crippen molar-refractivity contribution in [3.05, 3.63) is 100 Å². The highest BCUT2D eigenvalue weighted by molar-refractivity contribution is 6.36. The van der Waals surface area contributed by atoms with Gasteiger partial charge in [0.1, 0.15) is 13.7 Å². The molecule has 2 radical (unpaired) electrons. The molecular formula is C24H22BN3O. The molecule has 29 heavy (non-hydrogen) atoms. The molecule has 0 aliphatic rings. The van der Waals surface area contributed by atoms with Crippen LogP contribution in [0.25, 0.3) is 10.9 Å². The van der Waals surface area contributed by atoms with E-state index in [1.165, 1.54) is 0 Å². The van der Waals surface area contributed by atoms with E-state index in [-0.39, 0.29) is 11.6 Å². The molecule has 0 spiro atoms. The van der Waals surface area contributed by atoms with Crippen molar-refractivity contribution in [3.63, 3.8) is 0 Å². The Labute approximate surface area is 171 Å². The van der Waals surface area contributed by atoms with Crippen molar-refractivity contribution in [2.24, 2.45) is 0 Å². The number of rotatable bonds is 4. The molecule has 4 rings (SSSR count). The van der Waals surface area contributed by atoms with Gasteiger partial charge in [-0.25, -0.2) is 4.98 Å². The molecule has 0 saturated carbocycles. The molecule has 1 heterocycles. The summed E-state index contributed by atoms with van der Waals surface area (Å²) in [7, 11) is 10.00. The summed E-state index contributed by atoms with van der Waals surface area (Å²) in [5.74, 6) is 0.650. The maximum Gasteiger partial charge on any atom is 0.262 e. The van der Waals surface area contributed by atoms with Crippen molar-refractivity contribution >= 4 is 29.9 Å². The summed E-state index contributed by atoms with van der Waals surface area (Å²) in [6.45, 7) is 1.87. The van der Waals surface area contributed by atoms with Gasteiger partial charge in [0.05, 0.1) is 16.9 Å². The van der Waals surface area contributed by atoms with Gasteiger partial charge < -0.3 is 4.90 Å². The van der Waals surface area contributed by atoms with E-state index in [1.54, 1.807) is 10.6 Å². The second-order valence-electron chi connectivity index (χ2n) is 7.38. The zero-order valence-electron chi connectivity index (χ0n) is 16.8. The van der Waals surface area contributed by atoms with Crippen LogP contribution < -0.4 is 15.9 Å². The highest BCUT2D eigenvalue weighted by Crippen LogP contribution is 2.27. The molecule has 0 atom stereocenters. The van der Waals surface area contributed by atoms with Gasteiger partial charge in [0, 0.05) is 19.8 Å². The summed E-state index contributed by atoms with van der Waals surface area (Å²) in [5, 5.41) is 0.561. The van der Waals surface area contributed by atoms with Crippen molar-refractivity contribution < 1.29 is 0 Å². The predicted octanol–water partition coefficient (Wildman–Crippen LogP) is 3.20. The van der Waals surface area contributed by atoms with E-state index >= 15 is 0 Å². The summed E-state index contributed by atoms with van der Waals surface area (Å²) >= 11 is 0. The van der Waals surface area contributed by atoms with E-state index in [1.807, 2.05) is 92.6 Å². The first kappa shape index (κ1) is 19.0. The van der Waals surface area contributed by atoms with Crippen LogP contribution in [0.2, 0.25) is 0 Å². The lowest BCUT2D eigenvalue weighted by molar-refractivity contribution is 0.620. The van der Waals surface area contributed by atoms with Gasteiger partial charge in [-0.2, -0.15) is 0 Å². The Hall–Kier alpha value is -3.34. The van der Waals surface area contributed by atoms with Gasteiger partial charge in [0.25, 0.3) is 5.56 Å². The summed E-state index contributed by atoms with van der Waals surface area (Å²) < 4.78 is 1.78. The predicted molar refractivity (Wildman–Crippen MR) is 121 cm³/mol. The minimum Gasteiger partial charge on any atom is -0.378 e. The molecular weight excluding hydrogens is 357 g/mol. The quantitative estimate of drug-likeness (QED) is 0.511. The third-order valence-electron chi connectivity index (χ3n) is 5.20. The van der Waals surface area contributed by atoms with E-state index in [9.17, 15) is 4.79 Å². The van der Waals surface area contributed by atoms with E-state index in [4.69, 9.17) is 12.8 Å². The van der Waals surface area contributed by atoms with Crippen molar-refractivity contribution in [1.29, 1.82) is 0 Å². The normalized spacial score (nSPS) is 11.2. The van der Waals surface area contributed by atoms with Gasteiger partial charge in [-0.1, -0.05) is 66.1 Å². The topological polar surface area (TPSA) is 38.1 Å². The Morgan fingerprint density at radius 1 is 0.931 bits per heavy atom. The first-order valence-corrected chi connectivity index (χ1v) is 9.57. The lowest BCUT2D eigenvalue weighted by atomic mass is 9.92. The van der Waals surface area contributed by atoms with Gasteiger partial charge in [-0.05, 0) is 30.2 Å². The molecule has 142 valence electrons. The molecule has 0 unspecified atom stereocenters. The van der Waals surface area contributed by atoms with E-state index < -0.39 is 0 Å². The Morgan fingerprint density at radius 3 is 2.00 bits per heavy atom. The number of fused-ring (bicyclic) bond motifs is 1. The SMILES string of the molecule is [B]c1cc2nc(C)n(C(c3ccccc3)c3ccccc3)c(=O)c2cc1N(C)C. The number of anilines is 1. The van der Waals surface area contributed by atoms with Crippen molar-refractivity contribution in [3.8, 4) is 0 Å². The molecule has 0 aliphatic heterocycles. The van der Waals surface area contributed by atoms with Crippen LogP contribution in [0.1, 0.15) is 23.0 Å². The van der Waals surface area contributed by atoms with Crippen molar-refractivity contribution in [1.82, 2.24) is 9.55 Å². The van der Waals surface area contributed by atoms with Crippen LogP contribution in [0.4, 0.5) is 5.69 Å². The van der Waals surface area contributed by atoms with Crippen LogP contribution in [0.3, 0.4) is 0 Å². The average molecular weight is 379 g/mol. The average Bonchev–Trinajstić information content (AvgIpc) is 2.71. The fraction of sp³-hybridized carbons (Fsp3) is 0.167. The fourth-order valence-corrected chi connectivity index (χ4v) is 3.81. The molecule has 0 saturated heterocycles. The van der Waals surface area contributed by atoms with Crippen molar-refractivity contribution in [2.45, 2.75) is 13.0 Å². The molecule has 1 aromatic heterocycles. The third-order valence-corrected chi connectivity index (χ3v) is 5.20. The highest BCUT2D eigenvalue weighted by atomic mass is 16.1. The summed E-state index contributed by atoms with van der Waals surface area (Å²) in [6, 6.07) is 23.5. The first-order valence-electron chi connectivity index (χ1n) is 9.57. The Balaban J connectivity index is 2.04. The van der Waals surface area contributed by atoms with Crippen LogP contribution in [-0.4, -0.2) is 31.5 Å². The number of benzene rings is 3. The summed E-state index contributed by atoms with van der Waals surface area (Å²) in [5.41, 5.74) is 4.03. The molecule has 4 aromatic rings. The van der Waals surface area contributed by atoms with Gasteiger partial charge in [-0.15, -0.1) is 0 Å². The lowest BCUT2D eigenvalue weighted by Gasteiger charge is -2.24. The second kappa shape index (κ2) is 7.59. The van der Waals surface area contributed by atoms with E-state index in [2.05, 4.69) is 0 Å². The van der Waals surface area contributed by atoms with Crippen LogP contribution in [0, 0.1) is 6.92 Å². The Bertz CT molecular complexity index is 1180. The number of hydrogen-bond acceptors (Lipinski definition) is 3. The molecule has 0 fully saturated rings. The highest BCUT2D eigenvalue weighted by Gasteiger charge is 2.21. The summed E-state index contributed by atoms with van der Waals surface area (Å²) in [4.78, 5) is 20.3. The largest absolute Gasteiger partial charge is 0.378 e. The van der Waals surface area contributed by atoms with E-state index in [0.29, 0.717) is 22.2 Å². The van der Waals surface area contributed by atoms with Crippen LogP contribution in [0.15, 0.2) is 77.6 Å². The molecule has 5 heteroatoms. The Morgan fingerprint density at radius 2 is 1.48 bits per heavy atom. The van der Waals surface area contributed by atoms with E-state index in [0.717, 1.165) is 16.8 Å². The van der Waals surface area contributed by atoms with Crippen LogP contribution in [0.5, 0.6) is 0 Å². The number of aryl methyl sites for hydroxylation is 1. The van der Waals surface area contributed by atoms with Gasteiger partial charge in [0.15, 0.2) is 0 Å². The standard InChI is InChI=1S/C24H22BN3O/c1-16-26-21-15-20(25)22(27(2)3)14-19(21)24(29)28(16)23(17-10-6-4-7-11-17)18-12-8-5-9-13-18/h4-15,23H,1-3H3. The first-order chi connectivity index (χ1) is 14.0.